The summed E-state index contributed by atoms with van der Waals surface area (Å²) in [7, 11) is 0. The number of carbonyl (C=O) groups excluding carboxylic acids is 2. The van der Waals surface area contributed by atoms with Crippen LogP contribution in [0.4, 0.5) is 18.9 Å². The van der Waals surface area contributed by atoms with E-state index in [-0.39, 0.29) is 17.1 Å². The lowest BCUT2D eigenvalue weighted by atomic mass is 10.2. The molecule has 3 rings (SSSR count). The van der Waals surface area contributed by atoms with Gasteiger partial charge in [-0.2, -0.15) is 18.3 Å². The number of benzene rings is 2. The monoisotopic (exact) mass is 462 g/mol. The minimum absolute atomic E-state index is 0.0159. The molecule has 0 aliphatic heterocycles. The Hall–Kier alpha value is -3.60. The predicted octanol–water partition coefficient (Wildman–Crippen LogP) is 3.39. The third-order valence-corrected chi connectivity index (χ3v) is 5.34. The summed E-state index contributed by atoms with van der Waals surface area (Å²) in [6, 6.07) is 12.1. The second-order valence-corrected chi connectivity index (χ2v) is 7.68. The van der Waals surface area contributed by atoms with E-state index >= 15 is 0 Å². The summed E-state index contributed by atoms with van der Waals surface area (Å²) >= 11 is 1.10. The fourth-order valence-corrected chi connectivity index (χ4v) is 3.55. The van der Waals surface area contributed by atoms with Gasteiger partial charge in [0, 0.05) is 16.7 Å². The lowest BCUT2D eigenvalue weighted by Crippen LogP contribution is -2.27. The third-order valence-electron chi connectivity index (χ3n) is 4.25. The molecule has 0 atom stereocenters. The van der Waals surface area contributed by atoms with E-state index in [0.717, 1.165) is 34.6 Å². The van der Waals surface area contributed by atoms with Gasteiger partial charge in [0.1, 0.15) is 0 Å². The van der Waals surface area contributed by atoms with Crippen molar-refractivity contribution < 1.29 is 22.8 Å². The maximum absolute atomic E-state index is 13.1. The van der Waals surface area contributed by atoms with Crippen molar-refractivity contribution in [2.24, 2.45) is 5.73 Å². The van der Waals surface area contributed by atoms with Gasteiger partial charge < -0.3 is 11.1 Å². The summed E-state index contributed by atoms with van der Waals surface area (Å²) in [5.74, 6) is -1.40. The van der Waals surface area contributed by atoms with Gasteiger partial charge >= 0.3 is 6.18 Å². The molecular formula is C21H17F3N4O3S. The van der Waals surface area contributed by atoms with Crippen LogP contribution in [0.2, 0.25) is 0 Å². The van der Waals surface area contributed by atoms with Gasteiger partial charge in [-0.3, -0.25) is 14.4 Å². The van der Waals surface area contributed by atoms with Crippen molar-refractivity contribution in [3.8, 4) is 5.69 Å². The minimum atomic E-state index is -4.56. The van der Waals surface area contributed by atoms with Gasteiger partial charge in [-0.25, -0.2) is 4.68 Å². The van der Waals surface area contributed by atoms with Crippen LogP contribution in [0.5, 0.6) is 0 Å². The van der Waals surface area contributed by atoms with Crippen LogP contribution in [0.3, 0.4) is 0 Å². The highest BCUT2D eigenvalue weighted by Crippen LogP contribution is 2.30. The van der Waals surface area contributed by atoms with Crippen LogP contribution in [0.1, 0.15) is 21.7 Å². The molecule has 0 radical (unpaired) electrons. The molecule has 0 unspecified atom stereocenters. The van der Waals surface area contributed by atoms with Crippen LogP contribution in [-0.2, 0) is 11.0 Å². The van der Waals surface area contributed by atoms with Crippen LogP contribution in [-0.4, -0.2) is 27.3 Å². The first-order valence-corrected chi connectivity index (χ1v) is 10.1. The number of hydrogen-bond donors (Lipinski definition) is 2. The van der Waals surface area contributed by atoms with Crippen molar-refractivity contribution in [2.45, 2.75) is 18.0 Å². The zero-order chi connectivity index (χ0) is 23.5. The SMILES string of the molecule is Cc1cc(=O)c(C(=O)Nc2ccccc2SCC(N)=O)nn1-c1cccc(C(F)(F)F)c1. The lowest BCUT2D eigenvalue weighted by Gasteiger charge is -2.14. The highest BCUT2D eigenvalue weighted by molar-refractivity contribution is 8.00. The number of para-hydroxylation sites is 1. The van der Waals surface area contributed by atoms with Gasteiger partial charge in [0.25, 0.3) is 5.91 Å². The number of aryl methyl sites for hydroxylation is 1. The fraction of sp³-hybridized carbons (Fsp3) is 0.143. The minimum Gasteiger partial charge on any atom is -0.369 e. The Bertz CT molecular complexity index is 1240. The number of aromatic nitrogens is 2. The Balaban J connectivity index is 1.96. The molecule has 0 aliphatic rings. The molecule has 0 fully saturated rings. The molecule has 1 heterocycles. The molecule has 2 amide bonds. The number of primary amides is 1. The van der Waals surface area contributed by atoms with Gasteiger partial charge in [0.2, 0.25) is 11.3 Å². The highest BCUT2D eigenvalue weighted by Gasteiger charge is 2.30. The molecule has 3 N–H and O–H groups in total. The molecule has 0 aliphatic carbocycles. The Morgan fingerprint density at radius 1 is 1.12 bits per heavy atom. The van der Waals surface area contributed by atoms with E-state index in [1.165, 1.54) is 19.1 Å². The topological polar surface area (TPSA) is 107 Å². The number of anilines is 1. The average Bonchev–Trinajstić information content (AvgIpc) is 2.72. The van der Waals surface area contributed by atoms with Crippen molar-refractivity contribution in [3.63, 3.8) is 0 Å². The quantitative estimate of drug-likeness (QED) is 0.546. The number of hydrogen-bond acceptors (Lipinski definition) is 5. The summed E-state index contributed by atoms with van der Waals surface area (Å²) in [6.45, 7) is 1.49. The number of nitrogens with zero attached hydrogens (tertiary/aromatic N) is 2. The number of thioether (sulfide) groups is 1. The lowest BCUT2D eigenvalue weighted by molar-refractivity contribution is -0.137. The zero-order valence-electron chi connectivity index (χ0n) is 16.6. The molecule has 2 aromatic carbocycles. The first-order valence-electron chi connectivity index (χ1n) is 9.16. The molecule has 0 saturated heterocycles. The first-order chi connectivity index (χ1) is 15.1. The molecule has 0 bridgehead atoms. The van der Waals surface area contributed by atoms with Crippen molar-refractivity contribution in [1.82, 2.24) is 9.78 Å². The highest BCUT2D eigenvalue weighted by atomic mass is 32.2. The van der Waals surface area contributed by atoms with Gasteiger partial charge in [-0.05, 0) is 37.3 Å². The van der Waals surface area contributed by atoms with E-state index in [1.54, 1.807) is 24.3 Å². The zero-order valence-corrected chi connectivity index (χ0v) is 17.5. The van der Waals surface area contributed by atoms with E-state index in [9.17, 15) is 27.6 Å². The molecule has 166 valence electrons. The number of rotatable bonds is 6. The van der Waals surface area contributed by atoms with E-state index < -0.39 is 34.7 Å². The summed E-state index contributed by atoms with van der Waals surface area (Å²) in [5, 5.41) is 6.57. The number of halogens is 3. The van der Waals surface area contributed by atoms with Crippen molar-refractivity contribution in [1.29, 1.82) is 0 Å². The first kappa shape index (κ1) is 23.1. The number of nitrogens with two attached hydrogens (primary N) is 1. The van der Waals surface area contributed by atoms with Crippen LogP contribution < -0.4 is 16.5 Å². The molecule has 7 nitrogen and oxygen atoms in total. The summed E-state index contributed by atoms with van der Waals surface area (Å²) in [6.07, 6.45) is -4.56. The summed E-state index contributed by atoms with van der Waals surface area (Å²) < 4.78 is 40.3. The standard InChI is InChI=1S/C21H17F3N4O3S/c1-12-9-16(29)19(27-28(12)14-6-4-5-13(10-14)21(22,23)24)20(31)26-15-7-2-3-8-17(15)32-11-18(25)30/h2-10H,11H2,1H3,(H2,25,30)(H,26,31). The van der Waals surface area contributed by atoms with Crippen LogP contribution in [0, 0.1) is 6.92 Å². The Kier molecular flexibility index (Phi) is 6.68. The number of nitrogens with one attached hydrogen (secondary N) is 1. The van der Waals surface area contributed by atoms with Crippen LogP contribution in [0.25, 0.3) is 5.69 Å². The molecule has 3 aromatic rings. The number of carbonyl (C=O) groups is 2. The van der Waals surface area contributed by atoms with E-state index in [4.69, 9.17) is 5.73 Å². The molecule has 1 aromatic heterocycles. The fourth-order valence-electron chi connectivity index (χ4n) is 2.81. The Labute approximate surface area is 184 Å². The number of alkyl halides is 3. The van der Waals surface area contributed by atoms with Gasteiger partial charge in [-0.1, -0.05) is 18.2 Å². The Morgan fingerprint density at radius 3 is 2.53 bits per heavy atom. The number of amides is 2. The van der Waals surface area contributed by atoms with E-state index in [1.807, 2.05) is 0 Å². The Morgan fingerprint density at radius 2 is 1.84 bits per heavy atom. The average molecular weight is 462 g/mol. The maximum atomic E-state index is 13.1. The van der Waals surface area contributed by atoms with Crippen molar-refractivity contribution >= 4 is 29.3 Å². The molecule has 0 saturated carbocycles. The second-order valence-electron chi connectivity index (χ2n) is 6.66. The van der Waals surface area contributed by atoms with Crippen molar-refractivity contribution in [3.05, 3.63) is 81.8 Å². The molecular weight excluding hydrogens is 445 g/mol. The predicted molar refractivity (Wildman–Crippen MR) is 114 cm³/mol. The summed E-state index contributed by atoms with van der Waals surface area (Å²) in [5.41, 5.74) is 3.71. The maximum Gasteiger partial charge on any atom is 0.416 e. The van der Waals surface area contributed by atoms with Crippen LogP contribution in [0.15, 0.2) is 64.3 Å². The summed E-state index contributed by atoms with van der Waals surface area (Å²) in [4.78, 5) is 36.8. The van der Waals surface area contributed by atoms with Gasteiger partial charge in [-0.15, -0.1) is 11.8 Å². The normalized spacial score (nSPS) is 11.2. The van der Waals surface area contributed by atoms with Crippen LogP contribution >= 0.6 is 11.8 Å². The largest absolute Gasteiger partial charge is 0.416 e. The van der Waals surface area contributed by atoms with Gasteiger partial charge in [0.15, 0.2) is 5.69 Å². The molecule has 32 heavy (non-hydrogen) atoms. The molecule has 11 heteroatoms. The second kappa shape index (κ2) is 9.27. The van der Waals surface area contributed by atoms with Crippen molar-refractivity contribution in [2.75, 3.05) is 11.1 Å². The van der Waals surface area contributed by atoms with E-state index in [2.05, 4.69) is 10.4 Å². The smallest absolute Gasteiger partial charge is 0.369 e. The third kappa shape index (κ3) is 5.35. The van der Waals surface area contributed by atoms with E-state index in [0.29, 0.717) is 10.6 Å². The van der Waals surface area contributed by atoms with Gasteiger partial charge in [0.05, 0.1) is 22.7 Å². The molecule has 0 spiro atoms.